The van der Waals surface area contributed by atoms with Crippen molar-refractivity contribution in [3.8, 4) is 6.08 Å². The Labute approximate surface area is 186 Å². The zero-order chi connectivity index (χ0) is 23.9. The lowest BCUT2D eigenvalue weighted by Crippen LogP contribution is -2.27. The van der Waals surface area contributed by atoms with Crippen molar-refractivity contribution in [3.63, 3.8) is 0 Å². The summed E-state index contributed by atoms with van der Waals surface area (Å²) in [5.74, 6) is -2.34. The molecule has 0 saturated heterocycles. The normalized spacial score (nSPS) is 17.6. The minimum Gasteiger partial charge on any atom is -0.416 e. The summed E-state index contributed by atoms with van der Waals surface area (Å²) in [5, 5.41) is 2.54. The molecule has 176 valence electrons. The molecule has 0 radical (unpaired) electrons. The lowest BCUT2D eigenvalue weighted by atomic mass is 9.92. The van der Waals surface area contributed by atoms with E-state index in [4.69, 9.17) is 9.15 Å². The number of nitrogens with one attached hydrogen (secondary N) is 1. The van der Waals surface area contributed by atoms with E-state index < -0.39 is 35.3 Å². The molecule has 0 aliphatic heterocycles. The van der Waals surface area contributed by atoms with Crippen molar-refractivity contribution >= 4 is 5.91 Å². The van der Waals surface area contributed by atoms with Crippen LogP contribution in [0.25, 0.3) is 0 Å². The Balaban J connectivity index is 1.47. The van der Waals surface area contributed by atoms with Crippen molar-refractivity contribution in [2.75, 3.05) is 0 Å². The van der Waals surface area contributed by atoms with Gasteiger partial charge in [-0.2, -0.15) is 18.2 Å². The molecule has 1 aromatic carbocycles. The lowest BCUT2D eigenvalue weighted by Gasteiger charge is -2.22. The van der Waals surface area contributed by atoms with Crippen LogP contribution in [-0.4, -0.2) is 17.1 Å². The van der Waals surface area contributed by atoms with Crippen molar-refractivity contribution in [1.29, 1.82) is 0 Å². The fourth-order valence-corrected chi connectivity index (χ4v) is 3.72. The first-order chi connectivity index (χ1) is 15.5. The summed E-state index contributed by atoms with van der Waals surface area (Å²) in [4.78, 5) is 16.4. The summed E-state index contributed by atoms with van der Waals surface area (Å²) in [7, 11) is 0. The molecule has 1 fully saturated rings. The number of benzene rings is 1. The molecule has 1 atom stereocenters. The molecule has 10 heteroatoms. The number of halogens is 5. The van der Waals surface area contributed by atoms with E-state index in [1.807, 2.05) is 0 Å². The van der Waals surface area contributed by atoms with E-state index in [1.54, 1.807) is 6.08 Å². The van der Waals surface area contributed by atoms with Gasteiger partial charge in [0.1, 0.15) is 23.7 Å². The maximum absolute atomic E-state index is 13.8. The van der Waals surface area contributed by atoms with Gasteiger partial charge in [-0.3, -0.25) is 4.79 Å². The number of aromatic nitrogens is 1. The van der Waals surface area contributed by atoms with Crippen LogP contribution in [0.4, 0.5) is 22.0 Å². The molecule has 2 aliphatic carbocycles. The predicted octanol–water partition coefficient (Wildman–Crippen LogP) is 6.08. The van der Waals surface area contributed by atoms with E-state index in [0.717, 1.165) is 18.4 Å². The third-order valence-corrected chi connectivity index (χ3v) is 5.71. The van der Waals surface area contributed by atoms with E-state index in [-0.39, 0.29) is 53.0 Å². The Morgan fingerprint density at radius 1 is 1.24 bits per heavy atom. The molecule has 1 heterocycles. The van der Waals surface area contributed by atoms with Crippen LogP contribution in [0.15, 0.2) is 45.8 Å². The van der Waals surface area contributed by atoms with Crippen molar-refractivity contribution in [2.24, 2.45) is 5.92 Å². The summed E-state index contributed by atoms with van der Waals surface area (Å²) >= 11 is 0. The summed E-state index contributed by atoms with van der Waals surface area (Å²) in [6.45, 7) is 2.84. The monoisotopic (exact) mass is 468 g/mol. The first-order valence-corrected chi connectivity index (χ1v) is 10.4. The van der Waals surface area contributed by atoms with Gasteiger partial charge in [-0.05, 0) is 69.2 Å². The van der Waals surface area contributed by atoms with E-state index >= 15 is 0 Å². The van der Waals surface area contributed by atoms with Gasteiger partial charge in [-0.25, -0.2) is 8.78 Å². The van der Waals surface area contributed by atoms with Crippen molar-refractivity contribution in [1.82, 2.24) is 10.3 Å². The topological polar surface area (TPSA) is 64.4 Å². The van der Waals surface area contributed by atoms with Crippen LogP contribution in [0, 0.1) is 24.5 Å². The molecule has 33 heavy (non-hydrogen) atoms. The van der Waals surface area contributed by atoms with Crippen LogP contribution in [0.3, 0.4) is 0 Å². The Bertz CT molecular complexity index is 1120. The molecule has 4 rings (SSSR count). The van der Waals surface area contributed by atoms with Crippen LogP contribution >= 0.6 is 0 Å². The number of oxazole rings is 1. The Kier molecular flexibility index (Phi) is 6.02. The second kappa shape index (κ2) is 8.64. The van der Waals surface area contributed by atoms with E-state index in [9.17, 15) is 26.7 Å². The number of rotatable bonds is 6. The first kappa shape index (κ1) is 23.0. The number of ether oxygens (including phenoxy) is 1. The van der Waals surface area contributed by atoms with E-state index in [2.05, 4.69) is 10.3 Å². The lowest BCUT2D eigenvalue weighted by molar-refractivity contribution is -0.0954. The molecule has 1 amide bonds. The SMILES string of the molecule is Cc1c(F)cc(C(C)NC(=O)c2coc(OC3=CCCC(C(F)(F)F)=C3C3CC3)n2)cc1F. The molecule has 5 nitrogen and oxygen atoms in total. The van der Waals surface area contributed by atoms with Crippen LogP contribution in [0.2, 0.25) is 0 Å². The first-order valence-electron chi connectivity index (χ1n) is 10.4. The second-order valence-electron chi connectivity index (χ2n) is 8.18. The number of hydrogen-bond acceptors (Lipinski definition) is 4. The van der Waals surface area contributed by atoms with Gasteiger partial charge < -0.3 is 14.5 Å². The van der Waals surface area contributed by atoms with Gasteiger partial charge in [-0.1, -0.05) is 0 Å². The highest BCUT2D eigenvalue weighted by Crippen LogP contribution is 2.48. The molecule has 1 unspecified atom stereocenters. The number of amides is 1. The van der Waals surface area contributed by atoms with Gasteiger partial charge in [0.15, 0.2) is 5.69 Å². The van der Waals surface area contributed by atoms with Crippen molar-refractivity contribution in [2.45, 2.75) is 51.7 Å². The number of carbonyl (C=O) groups excluding carboxylic acids is 1. The molecule has 2 aliphatic rings. The number of hydrogen-bond donors (Lipinski definition) is 1. The van der Waals surface area contributed by atoms with Gasteiger partial charge in [0, 0.05) is 16.7 Å². The molecular formula is C23H21F5N2O3. The van der Waals surface area contributed by atoms with Gasteiger partial charge >= 0.3 is 12.3 Å². The van der Waals surface area contributed by atoms with Gasteiger partial charge in [0.25, 0.3) is 5.91 Å². The summed E-state index contributed by atoms with van der Waals surface area (Å²) < 4.78 is 78.6. The largest absolute Gasteiger partial charge is 0.416 e. The highest BCUT2D eigenvalue weighted by Gasteiger charge is 2.43. The van der Waals surface area contributed by atoms with Crippen LogP contribution < -0.4 is 10.1 Å². The number of nitrogens with zero attached hydrogens (tertiary/aromatic N) is 1. The average molecular weight is 468 g/mol. The Hall–Kier alpha value is -3.17. The summed E-state index contributed by atoms with van der Waals surface area (Å²) in [6, 6.07) is 1.50. The highest BCUT2D eigenvalue weighted by molar-refractivity contribution is 5.92. The fourth-order valence-electron chi connectivity index (χ4n) is 3.72. The number of alkyl halides is 3. The minimum absolute atomic E-state index is 0.0452. The number of allylic oxidation sites excluding steroid dienone is 3. The van der Waals surface area contributed by atoms with Crippen LogP contribution in [0.5, 0.6) is 6.08 Å². The maximum atomic E-state index is 13.8. The van der Waals surface area contributed by atoms with Crippen LogP contribution in [0.1, 0.15) is 60.3 Å². The molecule has 1 saturated carbocycles. The van der Waals surface area contributed by atoms with Gasteiger partial charge in [-0.15, -0.1) is 0 Å². The fraction of sp³-hybridized carbons (Fsp3) is 0.391. The molecule has 0 bridgehead atoms. The predicted molar refractivity (Wildman–Crippen MR) is 107 cm³/mol. The Morgan fingerprint density at radius 3 is 2.52 bits per heavy atom. The average Bonchev–Trinajstić information content (AvgIpc) is 3.48. The molecule has 2 aromatic rings. The summed E-state index contributed by atoms with van der Waals surface area (Å²) in [6.07, 6.45) is -0.909. The highest BCUT2D eigenvalue weighted by atomic mass is 19.4. The van der Waals surface area contributed by atoms with E-state index in [0.29, 0.717) is 12.8 Å². The van der Waals surface area contributed by atoms with Crippen molar-refractivity contribution < 1.29 is 35.9 Å². The van der Waals surface area contributed by atoms with E-state index in [1.165, 1.54) is 13.8 Å². The molecule has 1 aromatic heterocycles. The smallest absolute Gasteiger partial charge is 0.413 e. The van der Waals surface area contributed by atoms with Gasteiger partial charge in [0.2, 0.25) is 0 Å². The van der Waals surface area contributed by atoms with Crippen LogP contribution in [-0.2, 0) is 0 Å². The van der Waals surface area contributed by atoms with Gasteiger partial charge in [0.05, 0.1) is 6.04 Å². The zero-order valence-electron chi connectivity index (χ0n) is 17.9. The molecular weight excluding hydrogens is 447 g/mol. The van der Waals surface area contributed by atoms with Crippen molar-refractivity contribution in [3.05, 3.63) is 69.8 Å². The standard InChI is InChI=1S/C23H21F5N2O3/c1-11-16(24)8-14(9-17(11)25)12(2)29-21(31)18-10-32-22(30-18)33-19-5-3-4-15(23(26,27)28)20(19)13-6-7-13/h5,8-10,12-13H,3-4,6-7H2,1-2H3,(H,29,31). The second-order valence-corrected chi connectivity index (χ2v) is 8.18. The number of carbonyl (C=O) groups is 1. The summed E-state index contributed by atoms with van der Waals surface area (Å²) in [5.41, 5.74) is -0.571. The Morgan fingerprint density at radius 2 is 1.91 bits per heavy atom. The molecule has 0 spiro atoms. The quantitative estimate of drug-likeness (QED) is 0.522. The maximum Gasteiger partial charge on any atom is 0.413 e. The zero-order valence-corrected chi connectivity index (χ0v) is 17.9. The third-order valence-electron chi connectivity index (χ3n) is 5.71. The minimum atomic E-state index is -4.45. The molecule has 1 N–H and O–H groups in total. The third kappa shape index (κ3) is 4.94.